The van der Waals surface area contributed by atoms with Gasteiger partial charge in [0.15, 0.2) is 0 Å². The standard InChI is InChI=1S/C18H36N2/c1-4-20(5-2)18-13-11-16(12-14-18)15-19(3)17-9-7-6-8-10-17/h16-18H,4-15H2,1-3H3. The lowest BCUT2D eigenvalue weighted by Gasteiger charge is -2.39. The fourth-order valence-electron chi connectivity index (χ4n) is 4.51. The van der Waals surface area contributed by atoms with Crippen LogP contribution in [-0.4, -0.2) is 48.6 Å². The number of nitrogens with zero attached hydrogens (tertiary/aromatic N) is 2. The average molecular weight is 280 g/mol. The minimum atomic E-state index is 0.876. The van der Waals surface area contributed by atoms with Crippen LogP contribution in [0.1, 0.15) is 71.6 Å². The molecular formula is C18H36N2. The lowest BCUT2D eigenvalue weighted by Crippen LogP contribution is -2.41. The molecular weight excluding hydrogens is 244 g/mol. The molecule has 0 bridgehead atoms. The van der Waals surface area contributed by atoms with Gasteiger partial charge in [0.25, 0.3) is 0 Å². The van der Waals surface area contributed by atoms with E-state index in [4.69, 9.17) is 0 Å². The monoisotopic (exact) mass is 280 g/mol. The van der Waals surface area contributed by atoms with Gasteiger partial charge < -0.3 is 9.80 Å². The Kier molecular flexibility index (Phi) is 6.83. The summed E-state index contributed by atoms with van der Waals surface area (Å²) in [6.45, 7) is 8.44. The van der Waals surface area contributed by atoms with Crippen molar-refractivity contribution in [2.75, 3.05) is 26.7 Å². The van der Waals surface area contributed by atoms with E-state index in [1.54, 1.807) is 0 Å². The second kappa shape index (κ2) is 8.38. The number of hydrogen-bond donors (Lipinski definition) is 0. The summed E-state index contributed by atoms with van der Waals surface area (Å²) in [5.74, 6) is 0.966. The number of rotatable bonds is 6. The summed E-state index contributed by atoms with van der Waals surface area (Å²) in [5, 5.41) is 0. The molecule has 0 aromatic carbocycles. The first-order valence-electron chi connectivity index (χ1n) is 9.18. The molecule has 2 aliphatic rings. The first-order valence-corrected chi connectivity index (χ1v) is 9.18. The molecule has 118 valence electrons. The largest absolute Gasteiger partial charge is 0.303 e. The van der Waals surface area contributed by atoms with Crippen LogP contribution in [0.5, 0.6) is 0 Å². The van der Waals surface area contributed by atoms with Gasteiger partial charge in [0, 0.05) is 18.6 Å². The minimum absolute atomic E-state index is 0.876. The highest BCUT2D eigenvalue weighted by atomic mass is 15.1. The van der Waals surface area contributed by atoms with Gasteiger partial charge in [-0.1, -0.05) is 33.1 Å². The molecule has 0 aromatic rings. The van der Waals surface area contributed by atoms with E-state index in [0.29, 0.717) is 0 Å². The van der Waals surface area contributed by atoms with Crippen molar-refractivity contribution in [3.8, 4) is 0 Å². The van der Waals surface area contributed by atoms with Crippen LogP contribution < -0.4 is 0 Å². The molecule has 0 N–H and O–H groups in total. The van der Waals surface area contributed by atoms with Crippen molar-refractivity contribution in [1.29, 1.82) is 0 Å². The van der Waals surface area contributed by atoms with Crippen LogP contribution in [0.2, 0.25) is 0 Å². The van der Waals surface area contributed by atoms with Crippen LogP contribution in [0, 0.1) is 5.92 Å². The molecule has 2 aliphatic carbocycles. The van der Waals surface area contributed by atoms with E-state index in [2.05, 4.69) is 30.7 Å². The van der Waals surface area contributed by atoms with Gasteiger partial charge in [-0.05, 0) is 64.6 Å². The first-order chi connectivity index (χ1) is 9.74. The van der Waals surface area contributed by atoms with Crippen LogP contribution >= 0.6 is 0 Å². The zero-order valence-corrected chi connectivity index (χ0v) is 14.1. The van der Waals surface area contributed by atoms with Crippen LogP contribution in [0.25, 0.3) is 0 Å². The van der Waals surface area contributed by atoms with E-state index < -0.39 is 0 Å². The highest BCUT2D eigenvalue weighted by Gasteiger charge is 2.27. The molecule has 0 heterocycles. The smallest absolute Gasteiger partial charge is 0.00952 e. The zero-order chi connectivity index (χ0) is 14.4. The topological polar surface area (TPSA) is 6.48 Å². The van der Waals surface area contributed by atoms with E-state index in [9.17, 15) is 0 Å². The molecule has 2 nitrogen and oxygen atoms in total. The fraction of sp³-hybridized carbons (Fsp3) is 1.00. The molecule has 2 saturated carbocycles. The molecule has 0 aromatic heterocycles. The Morgan fingerprint density at radius 2 is 1.35 bits per heavy atom. The third-order valence-corrected chi connectivity index (χ3v) is 5.89. The van der Waals surface area contributed by atoms with Gasteiger partial charge in [-0.25, -0.2) is 0 Å². The van der Waals surface area contributed by atoms with Crippen LogP contribution in [0.3, 0.4) is 0 Å². The predicted octanol–water partition coefficient (Wildman–Crippen LogP) is 4.15. The van der Waals surface area contributed by atoms with Crippen molar-refractivity contribution in [2.45, 2.75) is 83.7 Å². The maximum Gasteiger partial charge on any atom is 0.00952 e. The van der Waals surface area contributed by atoms with Crippen LogP contribution in [0.4, 0.5) is 0 Å². The Hall–Kier alpha value is -0.0800. The molecule has 0 spiro atoms. The molecule has 0 unspecified atom stereocenters. The van der Waals surface area contributed by atoms with Crippen LogP contribution in [0.15, 0.2) is 0 Å². The van der Waals surface area contributed by atoms with Gasteiger partial charge in [0.2, 0.25) is 0 Å². The summed E-state index contributed by atoms with van der Waals surface area (Å²) in [6.07, 6.45) is 13.1. The Bertz CT molecular complexity index is 248. The highest BCUT2D eigenvalue weighted by Crippen LogP contribution is 2.30. The van der Waals surface area contributed by atoms with E-state index in [-0.39, 0.29) is 0 Å². The normalized spacial score (nSPS) is 29.2. The van der Waals surface area contributed by atoms with Gasteiger partial charge >= 0.3 is 0 Å². The Morgan fingerprint density at radius 1 is 0.750 bits per heavy atom. The lowest BCUT2D eigenvalue weighted by atomic mass is 9.84. The lowest BCUT2D eigenvalue weighted by molar-refractivity contribution is 0.112. The van der Waals surface area contributed by atoms with E-state index >= 15 is 0 Å². The van der Waals surface area contributed by atoms with Gasteiger partial charge in [-0.2, -0.15) is 0 Å². The molecule has 2 rings (SSSR count). The van der Waals surface area contributed by atoms with E-state index in [1.807, 2.05) is 0 Å². The van der Waals surface area contributed by atoms with E-state index in [0.717, 1.165) is 18.0 Å². The quantitative estimate of drug-likeness (QED) is 0.721. The van der Waals surface area contributed by atoms with Crippen molar-refractivity contribution >= 4 is 0 Å². The third kappa shape index (κ3) is 4.46. The van der Waals surface area contributed by atoms with Gasteiger partial charge in [-0.3, -0.25) is 0 Å². The molecule has 0 saturated heterocycles. The first kappa shape index (κ1) is 16.3. The number of hydrogen-bond acceptors (Lipinski definition) is 2. The van der Waals surface area contributed by atoms with Crippen molar-refractivity contribution in [1.82, 2.24) is 9.80 Å². The summed E-state index contributed by atoms with van der Waals surface area (Å²) in [5.41, 5.74) is 0. The molecule has 2 heteroatoms. The molecule has 0 aliphatic heterocycles. The van der Waals surface area contributed by atoms with E-state index in [1.165, 1.54) is 77.4 Å². The highest BCUT2D eigenvalue weighted by molar-refractivity contribution is 4.82. The summed E-state index contributed by atoms with van der Waals surface area (Å²) >= 11 is 0. The molecule has 2 fully saturated rings. The minimum Gasteiger partial charge on any atom is -0.303 e. The van der Waals surface area contributed by atoms with Gasteiger partial charge in [0.05, 0.1) is 0 Å². The summed E-state index contributed by atoms with van der Waals surface area (Å²) in [4.78, 5) is 5.36. The van der Waals surface area contributed by atoms with Gasteiger partial charge in [-0.15, -0.1) is 0 Å². The molecule has 0 atom stereocenters. The summed E-state index contributed by atoms with van der Waals surface area (Å²) in [7, 11) is 2.38. The fourth-order valence-corrected chi connectivity index (χ4v) is 4.51. The second-order valence-corrected chi connectivity index (χ2v) is 7.13. The second-order valence-electron chi connectivity index (χ2n) is 7.13. The van der Waals surface area contributed by atoms with Crippen molar-refractivity contribution in [2.24, 2.45) is 5.92 Å². The average Bonchev–Trinajstić information content (AvgIpc) is 2.51. The van der Waals surface area contributed by atoms with Crippen molar-refractivity contribution < 1.29 is 0 Å². The third-order valence-electron chi connectivity index (χ3n) is 5.89. The molecule has 0 amide bonds. The zero-order valence-electron chi connectivity index (χ0n) is 14.1. The summed E-state index contributed by atoms with van der Waals surface area (Å²) in [6, 6.07) is 1.77. The Labute approximate surface area is 126 Å². The van der Waals surface area contributed by atoms with Crippen LogP contribution in [-0.2, 0) is 0 Å². The van der Waals surface area contributed by atoms with Crippen molar-refractivity contribution in [3.63, 3.8) is 0 Å². The van der Waals surface area contributed by atoms with Gasteiger partial charge in [0.1, 0.15) is 0 Å². The van der Waals surface area contributed by atoms with Crippen molar-refractivity contribution in [3.05, 3.63) is 0 Å². The summed E-state index contributed by atoms with van der Waals surface area (Å²) < 4.78 is 0. The Morgan fingerprint density at radius 3 is 1.90 bits per heavy atom. The maximum absolute atomic E-state index is 2.70. The molecule has 20 heavy (non-hydrogen) atoms. The predicted molar refractivity (Wildman–Crippen MR) is 88.2 cm³/mol. The molecule has 0 radical (unpaired) electrons. The Balaban J connectivity index is 1.70. The SMILES string of the molecule is CCN(CC)C1CCC(CN(C)C2CCCCC2)CC1. The maximum atomic E-state index is 2.70.